The van der Waals surface area contributed by atoms with Crippen LogP contribution >= 0.6 is 0 Å². The maximum Gasteiger partial charge on any atom is 0.306 e. The van der Waals surface area contributed by atoms with Crippen LogP contribution in [-0.4, -0.2) is 36.4 Å². The molecule has 0 aliphatic rings. The maximum atomic E-state index is 12.4. The van der Waals surface area contributed by atoms with Crippen LogP contribution < -0.4 is 0 Å². The molecule has 458 valence electrons. The minimum absolute atomic E-state index is 0.0674. The summed E-state index contributed by atoms with van der Waals surface area (Å²) in [6.07, 6.45) is 102. The molecule has 0 rings (SSSR count). The smallest absolute Gasteiger partial charge is 0.306 e. The van der Waals surface area contributed by atoms with Crippen LogP contribution in [0.2, 0.25) is 0 Å². The number of aliphatic hydroxyl groups is 1. The van der Waals surface area contributed by atoms with Crippen LogP contribution in [0, 0.1) is 0 Å². The van der Waals surface area contributed by atoms with E-state index in [-0.39, 0.29) is 25.2 Å². The number of ether oxygens (including phenoxy) is 2. The molecule has 1 atom stereocenters. The van der Waals surface area contributed by atoms with Crippen LogP contribution in [0.5, 0.6) is 0 Å². The van der Waals surface area contributed by atoms with Gasteiger partial charge in [0.1, 0.15) is 6.61 Å². The normalized spacial score (nSPS) is 13.0. The Morgan fingerprint density at radius 3 is 0.750 bits per heavy atom. The molecule has 0 bridgehead atoms. The highest BCUT2D eigenvalue weighted by Gasteiger charge is 2.16. The van der Waals surface area contributed by atoms with Gasteiger partial charge in [-0.15, -0.1) is 0 Å². The predicted octanol–water partition coefficient (Wildman–Crippen LogP) is 23.8. The largest absolute Gasteiger partial charge is 0.462 e. The molecular weight excluding hydrogens is 981 g/mol. The van der Waals surface area contributed by atoms with Crippen molar-refractivity contribution in [3.8, 4) is 0 Å². The van der Waals surface area contributed by atoms with E-state index in [1.807, 2.05) is 0 Å². The molecule has 1 N–H and O–H groups in total. The average molecular weight is 1110 g/mol. The van der Waals surface area contributed by atoms with Crippen molar-refractivity contribution in [2.45, 2.75) is 328 Å². The fourth-order valence-electron chi connectivity index (χ4n) is 9.73. The third-order valence-corrected chi connectivity index (χ3v) is 14.8. The molecule has 0 aliphatic carbocycles. The van der Waals surface area contributed by atoms with Crippen LogP contribution in [0.3, 0.4) is 0 Å². The van der Waals surface area contributed by atoms with Crippen molar-refractivity contribution in [1.29, 1.82) is 0 Å². The first-order valence-corrected chi connectivity index (χ1v) is 34.1. The lowest BCUT2D eigenvalue weighted by atomic mass is 10.0. The lowest BCUT2D eigenvalue weighted by Gasteiger charge is -2.15. The Morgan fingerprint density at radius 1 is 0.287 bits per heavy atom. The molecule has 0 aromatic heterocycles. The fourth-order valence-corrected chi connectivity index (χ4v) is 9.73. The summed E-state index contributed by atoms with van der Waals surface area (Å²) < 4.78 is 10.8. The first kappa shape index (κ1) is 76.3. The van der Waals surface area contributed by atoms with Gasteiger partial charge < -0.3 is 14.6 Å². The third kappa shape index (κ3) is 66.8. The standard InChI is InChI=1S/C75H128O5/c1-3-5-7-9-11-13-15-17-19-21-23-25-27-29-31-33-35-37-39-41-43-45-47-49-51-53-55-57-59-61-63-65-67-69-74(77)79-72-73(71-76)80-75(78)70-68-66-64-62-60-58-56-54-52-50-48-46-44-42-40-38-36-34-32-30-28-26-24-22-20-18-16-14-12-10-8-6-4-2/h5-8,11-14,17-20,23-26,30,32,36,38,73,76H,3-4,9-10,15-16,21-22,27-29,31,33-35,37,39-72H2,1-2H3/b7-5-,8-6-,13-11-,14-12-,19-17-,20-18-,25-23-,26-24-,32-30-,38-36-. The van der Waals surface area contributed by atoms with E-state index in [4.69, 9.17) is 9.47 Å². The Bertz CT molecular complexity index is 1590. The molecule has 0 aromatic carbocycles. The predicted molar refractivity (Wildman–Crippen MR) is 352 cm³/mol. The van der Waals surface area contributed by atoms with E-state index >= 15 is 0 Å². The van der Waals surface area contributed by atoms with Gasteiger partial charge in [-0.2, -0.15) is 0 Å². The third-order valence-electron chi connectivity index (χ3n) is 14.8. The lowest BCUT2D eigenvalue weighted by molar-refractivity contribution is -0.161. The zero-order chi connectivity index (χ0) is 57.6. The maximum absolute atomic E-state index is 12.4. The van der Waals surface area contributed by atoms with Gasteiger partial charge in [-0.05, 0) is 103 Å². The van der Waals surface area contributed by atoms with Gasteiger partial charge in [0.15, 0.2) is 6.10 Å². The van der Waals surface area contributed by atoms with Crippen molar-refractivity contribution in [3.63, 3.8) is 0 Å². The Morgan fingerprint density at radius 2 is 0.500 bits per heavy atom. The Hall–Kier alpha value is -3.70. The van der Waals surface area contributed by atoms with Crippen molar-refractivity contribution < 1.29 is 24.2 Å². The summed E-state index contributed by atoms with van der Waals surface area (Å²) in [6, 6.07) is 0. The highest BCUT2D eigenvalue weighted by atomic mass is 16.6. The summed E-state index contributed by atoms with van der Waals surface area (Å²) in [6.45, 7) is 3.94. The summed E-state index contributed by atoms with van der Waals surface area (Å²) in [5.41, 5.74) is 0. The van der Waals surface area contributed by atoms with Crippen LogP contribution in [0.4, 0.5) is 0 Å². The van der Waals surface area contributed by atoms with E-state index in [0.29, 0.717) is 12.8 Å². The summed E-state index contributed by atoms with van der Waals surface area (Å²) in [4.78, 5) is 24.7. The molecule has 5 heteroatoms. The Balaban J connectivity index is 3.46. The Labute approximate surface area is 496 Å². The summed E-state index contributed by atoms with van der Waals surface area (Å²) in [5, 5.41) is 9.70. The van der Waals surface area contributed by atoms with Crippen LogP contribution in [0.15, 0.2) is 122 Å². The summed E-state index contributed by atoms with van der Waals surface area (Å²) in [7, 11) is 0. The van der Waals surface area contributed by atoms with E-state index in [9.17, 15) is 14.7 Å². The molecule has 0 aliphatic heterocycles. The number of rotatable bonds is 62. The number of hydrogen-bond acceptors (Lipinski definition) is 5. The molecule has 0 spiro atoms. The number of esters is 2. The molecule has 0 saturated heterocycles. The van der Waals surface area contributed by atoms with Crippen molar-refractivity contribution >= 4 is 11.9 Å². The van der Waals surface area contributed by atoms with Crippen molar-refractivity contribution in [3.05, 3.63) is 122 Å². The van der Waals surface area contributed by atoms with Crippen LogP contribution in [0.1, 0.15) is 322 Å². The minimum Gasteiger partial charge on any atom is -0.462 e. The van der Waals surface area contributed by atoms with Crippen molar-refractivity contribution in [2.24, 2.45) is 0 Å². The number of hydrogen-bond donors (Lipinski definition) is 1. The lowest BCUT2D eigenvalue weighted by Crippen LogP contribution is -2.28. The van der Waals surface area contributed by atoms with Gasteiger partial charge in [0, 0.05) is 12.8 Å². The van der Waals surface area contributed by atoms with Gasteiger partial charge in [-0.25, -0.2) is 0 Å². The van der Waals surface area contributed by atoms with Crippen LogP contribution in [0.25, 0.3) is 0 Å². The first-order chi connectivity index (χ1) is 39.6. The summed E-state index contributed by atoms with van der Waals surface area (Å²) in [5.74, 6) is -0.582. The Kier molecular flexibility index (Phi) is 66.4. The zero-order valence-corrected chi connectivity index (χ0v) is 52.6. The molecule has 0 saturated carbocycles. The van der Waals surface area contributed by atoms with Crippen LogP contribution in [-0.2, 0) is 19.1 Å². The van der Waals surface area contributed by atoms with E-state index < -0.39 is 6.10 Å². The van der Waals surface area contributed by atoms with E-state index in [2.05, 4.69) is 135 Å². The van der Waals surface area contributed by atoms with Gasteiger partial charge in [0.05, 0.1) is 6.61 Å². The number of unbranched alkanes of at least 4 members (excludes halogenated alkanes) is 34. The number of carbonyl (C=O) groups excluding carboxylic acids is 2. The SMILES string of the molecule is CC/C=C\C/C=C\C/C=C\C/C=C\C/C=C\C/C=C\CCCCCCCCCCCCCCCCC(=O)OC(CO)COC(=O)CCCCCCCCCCCCCCCCCCCCCC/C=C\C/C=C\C/C=C\C/C=C\CC. The zero-order valence-electron chi connectivity index (χ0n) is 52.6. The van der Waals surface area contributed by atoms with Crippen molar-refractivity contribution in [1.82, 2.24) is 0 Å². The van der Waals surface area contributed by atoms with Crippen molar-refractivity contribution in [2.75, 3.05) is 13.2 Å². The molecule has 0 heterocycles. The highest BCUT2D eigenvalue weighted by Crippen LogP contribution is 2.18. The van der Waals surface area contributed by atoms with E-state index in [0.717, 1.165) is 103 Å². The average Bonchev–Trinajstić information content (AvgIpc) is 3.46. The molecule has 5 nitrogen and oxygen atoms in total. The van der Waals surface area contributed by atoms with Gasteiger partial charge in [0.2, 0.25) is 0 Å². The van der Waals surface area contributed by atoms with E-state index in [1.54, 1.807) is 0 Å². The van der Waals surface area contributed by atoms with Gasteiger partial charge in [-0.3, -0.25) is 9.59 Å². The quantitative estimate of drug-likeness (QED) is 0.0373. The first-order valence-electron chi connectivity index (χ1n) is 34.1. The second-order valence-corrected chi connectivity index (χ2v) is 22.5. The summed E-state index contributed by atoms with van der Waals surface area (Å²) >= 11 is 0. The van der Waals surface area contributed by atoms with E-state index in [1.165, 1.54) is 193 Å². The molecule has 80 heavy (non-hydrogen) atoms. The van der Waals surface area contributed by atoms with Gasteiger partial charge >= 0.3 is 11.9 Å². The second kappa shape index (κ2) is 69.6. The number of aliphatic hydroxyl groups excluding tert-OH is 1. The molecular formula is C75H128O5. The molecule has 0 fully saturated rings. The minimum atomic E-state index is -0.779. The monoisotopic (exact) mass is 1110 g/mol. The van der Waals surface area contributed by atoms with Gasteiger partial charge in [0.25, 0.3) is 0 Å². The number of carbonyl (C=O) groups is 2. The molecule has 0 radical (unpaired) electrons. The molecule has 0 aromatic rings. The second-order valence-electron chi connectivity index (χ2n) is 22.5. The van der Waals surface area contributed by atoms with Gasteiger partial charge in [-0.1, -0.05) is 328 Å². The topological polar surface area (TPSA) is 72.8 Å². The molecule has 1 unspecified atom stereocenters. The number of allylic oxidation sites excluding steroid dienone is 20. The highest BCUT2D eigenvalue weighted by molar-refractivity contribution is 5.70. The fraction of sp³-hybridized carbons (Fsp3) is 0.707. The molecule has 0 amide bonds.